The van der Waals surface area contributed by atoms with Gasteiger partial charge in [-0.15, -0.1) is 0 Å². The summed E-state index contributed by atoms with van der Waals surface area (Å²) in [5.74, 6) is -0.894. The van der Waals surface area contributed by atoms with Crippen molar-refractivity contribution in [1.82, 2.24) is 10.6 Å². The van der Waals surface area contributed by atoms with Crippen molar-refractivity contribution in [3.05, 3.63) is 34.3 Å². The molecule has 1 unspecified atom stereocenters. The second-order valence-electron chi connectivity index (χ2n) is 4.19. The Hall–Kier alpha value is -1.60. The van der Waals surface area contributed by atoms with E-state index < -0.39 is 18.0 Å². The molecule has 1 atom stereocenters. The van der Waals surface area contributed by atoms with E-state index in [1.54, 1.807) is 6.07 Å². The largest absolute Gasteiger partial charge is 0.481 e. The third-order valence-electron chi connectivity index (χ3n) is 2.59. The zero-order chi connectivity index (χ0) is 15.0. The summed E-state index contributed by atoms with van der Waals surface area (Å²) < 4.78 is 0.858. The van der Waals surface area contributed by atoms with E-state index in [1.165, 1.54) is 0 Å². The Balaban J connectivity index is 2.44. The van der Waals surface area contributed by atoms with E-state index in [-0.39, 0.29) is 19.6 Å². The Labute approximate surface area is 125 Å². The summed E-state index contributed by atoms with van der Waals surface area (Å²) in [6.45, 7) is 0.0494. The number of amides is 2. The standard InChI is InChI=1S/C13H17BrN2O4/c14-10-4-1-3-9(7-10)11(8-17)16-13(20)15-6-2-5-12(18)19/h1,3-4,7,11,17H,2,5-6,8H2,(H,18,19)(H2,15,16,20). The molecule has 0 aromatic heterocycles. The minimum absolute atomic E-state index is 0.00927. The van der Waals surface area contributed by atoms with Crippen LogP contribution in [0.2, 0.25) is 0 Å². The van der Waals surface area contributed by atoms with Crippen LogP contribution in [0.1, 0.15) is 24.4 Å². The topological polar surface area (TPSA) is 98.7 Å². The molecule has 0 bridgehead atoms. The first-order chi connectivity index (χ1) is 9.52. The first kappa shape index (κ1) is 16.5. The minimum atomic E-state index is -0.894. The highest BCUT2D eigenvalue weighted by molar-refractivity contribution is 9.10. The first-order valence-electron chi connectivity index (χ1n) is 6.15. The van der Waals surface area contributed by atoms with E-state index in [9.17, 15) is 14.7 Å². The van der Waals surface area contributed by atoms with Crippen LogP contribution in [0.5, 0.6) is 0 Å². The van der Waals surface area contributed by atoms with Crippen molar-refractivity contribution in [1.29, 1.82) is 0 Å². The molecule has 0 spiro atoms. The molecule has 4 N–H and O–H groups in total. The normalized spacial score (nSPS) is 11.7. The zero-order valence-corrected chi connectivity index (χ0v) is 12.4. The van der Waals surface area contributed by atoms with Crippen LogP contribution >= 0.6 is 15.9 Å². The smallest absolute Gasteiger partial charge is 0.315 e. The highest BCUT2D eigenvalue weighted by Crippen LogP contribution is 2.17. The predicted octanol–water partition coefficient (Wildman–Crippen LogP) is 1.65. The quantitative estimate of drug-likeness (QED) is 0.565. The van der Waals surface area contributed by atoms with Crippen LogP contribution in [0.15, 0.2) is 28.7 Å². The number of aliphatic carboxylic acids is 1. The lowest BCUT2D eigenvalue weighted by molar-refractivity contribution is -0.137. The predicted molar refractivity (Wildman–Crippen MR) is 77.4 cm³/mol. The Bertz CT molecular complexity index is 467. The van der Waals surface area contributed by atoms with Crippen LogP contribution < -0.4 is 10.6 Å². The molecule has 0 saturated heterocycles. The Morgan fingerprint density at radius 1 is 1.35 bits per heavy atom. The van der Waals surface area contributed by atoms with E-state index in [2.05, 4.69) is 26.6 Å². The van der Waals surface area contributed by atoms with E-state index in [0.29, 0.717) is 6.42 Å². The number of aliphatic hydroxyl groups is 1. The number of carboxylic acids is 1. The molecule has 2 amide bonds. The summed E-state index contributed by atoms with van der Waals surface area (Å²) in [7, 11) is 0. The number of carbonyl (C=O) groups is 2. The summed E-state index contributed by atoms with van der Waals surface area (Å²) in [6, 6.07) is 6.33. The molecule has 0 radical (unpaired) electrons. The molecule has 1 aromatic carbocycles. The number of carboxylic acid groups (broad SMARTS) is 1. The van der Waals surface area contributed by atoms with E-state index in [4.69, 9.17) is 5.11 Å². The number of hydrogen-bond donors (Lipinski definition) is 4. The van der Waals surface area contributed by atoms with Crippen LogP contribution in [-0.4, -0.2) is 35.4 Å². The number of urea groups is 1. The molecule has 0 fully saturated rings. The second kappa shape index (κ2) is 8.55. The van der Waals surface area contributed by atoms with Crippen LogP contribution in [0.3, 0.4) is 0 Å². The van der Waals surface area contributed by atoms with Crippen LogP contribution in [-0.2, 0) is 4.79 Å². The SMILES string of the molecule is O=C(O)CCCNC(=O)NC(CO)c1cccc(Br)c1. The number of carbonyl (C=O) groups excluding carboxylic acids is 1. The van der Waals surface area contributed by atoms with Gasteiger partial charge < -0.3 is 20.8 Å². The first-order valence-corrected chi connectivity index (χ1v) is 6.94. The van der Waals surface area contributed by atoms with Crippen molar-refractivity contribution in [2.75, 3.05) is 13.2 Å². The molecule has 0 aliphatic rings. The van der Waals surface area contributed by atoms with Gasteiger partial charge in [0.25, 0.3) is 0 Å². The van der Waals surface area contributed by atoms with Gasteiger partial charge in [0.15, 0.2) is 0 Å². The highest BCUT2D eigenvalue weighted by Gasteiger charge is 2.13. The Kier molecular flexibility index (Phi) is 7.03. The Morgan fingerprint density at radius 2 is 2.10 bits per heavy atom. The fourth-order valence-corrected chi connectivity index (χ4v) is 2.03. The summed E-state index contributed by atoms with van der Waals surface area (Å²) in [4.78, 5) is 21.9. The van der Waals surface area contributed by atoms with Gasteiger partial charge in [-0.2, -0.15) is 0 Å². The molecular weight excluding hydrogens is 328 g/mol. The summed E-state index contributed by atoms with van der Waals surface area (Å²) in [5.41, 5.74) is 0.780. The molecule has 110 valence electrons. The van der Waals surface area contributed by atoms with Gasteiger partial charge in [0.2, 0.25) is 0 Å². The molecule has 0 heterocycles. The van der Waals surface area contributed by atoms with Gasteiger partial charge >= 0.3 is 12.0 Å². The van der Waals surface area contributed by atoms with Gasteiger partial charge in [-0.1, -0.05) is 28.1 Å². The van der Waals surface area contributed by atoms with Gasteiger partial charge in [-0.25, -0.2) is 4.79 Å². The summed E-state index contributed by atoms with van der Waals surface area (Å²) >= 11 is 3.33. The van der Waals surface area contributed by atoms with Crippen molar-refractivity contribution in [3.8, 4) is 0 Å². The number of hydrogen-bond acceptors (Lipinski definition) is 3. The van der Waals surface area contributed by atoms with E-state index in [0.717, 1.165) is 10.0 Å². The molecule has 6 nitrogen and oxygen atoms in total. The average Bonchev–Trinajstić information content (AvgIpc) is 2.40. The molecular formula is C13H17BrN2O4. The minimum Gasteiger partial charge on any atom is -0.481 e. The average molecular weight is 345 g/mol. The van der Waals surface area contributed by atoms with Gasteiger partial charge in [-0.3, -0.25) is 4.79 Å². The molecule has 0 aliphatic heterocycles. The number of benzene rings is 1. The number of rotatable bonds is 7. The van der Waals surface area contributed by atoms with Crippen LogP contribution in [0.25, 0.3) is 0 Å². The van der Waals surface area contributed by atoms with Gasteiger partial charge in [0, 0.05) is 17.4 Å². The fraction of sp³-hybridized carbons (Fsp3) is 0.385. The number of halogens is 1. The maximum Gasteiger partial charge on any atom is 0.315 e. The van der Waals surface area contributed by atoms with Crippen molar-refractivity contribution in [2.24, 2.45) is 0 Å². The fourth-order valence-electron chi connectivity index (χ4n) is 1.61. The second-order valence-corrected chi connectivity index (χ2v) is 5.10. The van der Waals surface area contributed by atoms with Crippen molar-refractivity contribution < 1.29 is 19.8 Å². The number of nitrogens with one attached hydrogen (secondary N) is 2. The summed E-state index contributed by atoms with van der Waals surface area (Å²) in [5, 5.41) is 23.0. The lowest BCUT2D eigenvalue weighted by atomic mass is 10.1. The molecule has 0 aliphatic carbocycles. The maximum atomic E-state index is 11.6. The van der Waals surface area contributed by atoms with Crippen LogP contribution in [0, 0.1) is 0 Å². The Morgan fingerprint density at radius 3 is 2.70 bits per heavy atom. The highest BCUT2D eigenvalue weighted by atomic mass is 79.9. The maximum absolute atomic E-state index is 11.6. The summed E-state index contributed by atoms with van der Waals surface area (Å²) in [6.07, 6.45) is 0.374. The zero-order valence-electron chi connectivity index (χ0n) is 10.8. The molecule has 1 rings (SSSR count). The van der Waals surface area contributed by atoms with Crippen molar-refractivity contribution in [3.63, 3.8) is 0 Å². The van der Waals surface area contributed by atoms with Crippen LogP contribution in [0.4, 0.5) is 4.79 Å². The van der Waals surface area contributed by atoms with Gasteiger partial charge in [0.1, 0.15) is 0 Å². The monoisotopic (exact) mass is 344 g/mol. The van der Waals surface area contributed by atoms with E-state index in [1.807, 2.05) is 18.2 Å². The third kappa shape index (κ3) is 6.03. The molecule has 0 saturated carbocycles. The number of aliphatic hydroxyl groups excluding tert-OH is 1. The lowest BCUT2D eigenvalue weighted by Crippen LogP contribution is -2.39. The van der Waals surface area contributed by atoms with Crippen molar-refractivity contribution in [2.45, 2.75) is 18.9 Å². The van der Waals surface area contributed by atoms with Gasteiger partial charge in [-0.05, 0) is 24.1 Å². The van der Waals surface area contributed by atoms with Gasteiger partial charge in [0.05, 0.1) is 12.6 Å². The molecule has 7 heteroatoms. The lowest BCUT2D eigenvalue weighted by Gasteiger charge is -2.17. The molecule has 20 heavy (non-hydrogen) atoms. The third-order valence-corrected chi connectivity index (χ3v) is 3.09. The van der Waals surface area contributed by atoms with E-state index >= 15 is 0 Å². The van der Waals surface area contributed by atoms with Crippen molar-refractivity contribution >= 4 is 27.9 Å². The molecule has 1 aromatic rings.